The van der Waals surface area contributed by atoms with Crippen molar-refractivity contribution in [2.24, 2.45) is 0 Å². The quantitative estimate of drug-likeness (QED) is 0.488. The van der Waals surface area contributed by atoms with E-state index in [1.165, 1.54) is 5.56 Å². The number of benzene rings is 1. The summed E-state index contributed by atoms with van der Waals surface area (Å²) in [4.78, 5) is 6.85. The van der Waals surface area contributed by atoms with Crippen molar-refractivity contribution in [2.45, 2.75) is 18.5 Å². The molecule has 3 heterocycles. The van der Waals surface area contributed by atoms with Crippen LogP contribution in [-0.2, 0) is 4.74 Å². The first-order chi connectivity index (χ1) is 13.8. The molecule has 6 heteroatoms. The lowest BCUT2D eigenvalue weighted by molar-refractivity contribution is 0.180. The lowest BCUT2D eigenvalue weighted by atomic mass is 9.99. The molecule has 2 unspecified atom stereocenters. The van der Waals surface area contributed by atoms with Gasteiger partial charge in [0, 0.05) is 44.5 Å². The molecule has 1 N–H and O–H groups in total. The largest absolute Gasteiger partial charge is 0.385 e. The van der Waals surface area contributed by atoms with Crippen LogP contribution in [0.25, 0.3) is 5.69 Å². The summed E-state index contributed by atoms with van der Waals surface area (Å²) in [6, 6.07) is 18.6. The maximum atomic E-state index is 5.68. The van der Waals surface area contributed by atoms with Crippen molar-refractivity contribution in [1.29, 1.82) is 0 Å². The van der Waals surface area contributed by atoms with Crippen LogP contribution >= 0.6 is 12.2 Å². The average Bonchev–Trinajstić information content (AvgIpc) is 3.35. The van der Waals surface area contributed by atoms with Gasteiger partial charge in [0.05, 0.1) is 17.8 Å². The molecule has 1 aliphatic rings. The Bertz CT molecular complexity index is 913. The summed E-state index contributed by atoms with van der Waals surface area (Å²) in [5.41, 5.74) is 3.35. The minimum absolute atomic E-state index is 0.0165. The molecule has 3 aromatic rings. The minimum Gasteiger partial charge on any atom is -0.385 e. The van der Waals surface area contributed by atoms with Gasteiger partial charge in [-0.3, -0.25) is 4.98 Å². The van der Waals surface area contributed by atoms with E-state index in [-0.39, 0.29) is 12.1 Å². The molecule has 2 atom stereocenters. The number of nitrogens with one attached hydrogen (secondary N) is 1. The number of hydrogen-bond donors (Lipinski definition) is 1. The number of hydrogen-bond acceptors (Lipinski definition) is 3. The Labute approximate surface area is 171 Å². The van der Waals surface area contributed by atoms with Crippen molar-refractivity contribution in [2.75, 3.05) is 20.3 Å². The second kappa shape index (κ2) is 8.54. The van der Waals surface area contributed by atoms with Crippen LogP contribution in [0.5, 0.6) is 0 Å². The van der Waals surface area contributed by atoms with Crippen LogP contribution < -0.4 is 5.32 Å². The topological polar surface area (TPSA) is 42.3 Å². The van der Waals surface area contributed by atoms with Crippen molar-refractivity contribution >= 4 is 17.3 Å². The number of rotatable bonds is 7. The smallest absolute Gasteiger partial charge is 0.170 e. The van der Waals surface area contributed by atoms with Gasteiger partial charge < -0.3 is 19.5 Å². The van der Waals surface area contributed by atoms with Gasteiger partial charge in [0.2, 0.25) is 0 Å². The van der Waals surface area contributed by atoms with E-state index in [1.807, 2.05) is 24.4 Å². The van der Waals surface area contributed by atoms with Crippen molar-refractivity contribution < 1.29 is 4.74 Å². The molecule has 2 aromatic heterocycles. The van der Waals surface area contributed by atoms with Crippen molar-refractivity contribution in [1.82, 2.24) is 19.8 Å². The number of methoxy groups -OCH3 is 1. The number of nitrogens with zero attached hydrogens (tertiary/aromatic N) is 3. The van der Waals surface area contributed by atoms with Gasteiger partial charge in [-0.05, 0) is 54.5 Å². The van der Waals surface area contributed by atoms with Gasteiger partial charge in [0.15, 0.2) is 5.11 Å². The maximum absolute atomic E-state index is 5.68. The van der Waals surface area contributed by atoms with E-state index in [1.54, 1.807) is 7.11 Å². The second-order valence-electron chi connectivity index (χ2n) is 6.85. The van der Waals surface area contributed by atoms with E-state index in [4.69, 9.17) is 17.0 Å². The fourth-order valence-electron chi connectivity index (χ4n) is 3.74. The summed E-state index contributed by atoms with van der Waals surface area (Å²) in [5.74, 6) is 0. The molecule has 1 aromatic carbocycles. The molecular weight excluding hydrogens is 368 g/mol. The lowest BCUT2D eigenvalue weighted by Crippen LogP contribution is -2.31. The molecule has 0 spiro atoms. The van der Waals surface area contributed by atoms with Gasteiger partial charge in [-0.15, -0.1) is 0 Å². The molecular formula is C22H24N4OS. The van der Waals surface area contributed by atoms with Crippen molar-refractivity contribution in [3.63, 3.8) is 0 Å². The Balaban J connectivity index is 1.68. The standard InChI is InChI=1S/C22H24N4OS/c1-27-15-7-13-26-21(20(24-22(26)28)19-10-5-6-12-23-19)17-11-14-25(16-17)18-8-3-2-4-9-18/h2-6,8-12,14,16,20-21H,7,13,15H2,1H3,(H,24,28). The minimum atomic E-state index is 0.0165. The summed E-state index contributed by atoms with van der Waals surface area (Å²) < 4.78 is 7.40. The highest BCUT2D eigenvalue weighted by Crippen LogP contribution is 2.38. The number of pyridine rings is 1. The van der Waals surface area contributed by atoms with E-state index in [9.17, 15) is 0 Å². The van der Waals surface area contributed by atoms with Gasteiger partial charge >= 0.3 is 0 Å². The number of thiocarbonyl (C=S) groups is 1. The van der Waals surface area contributed by atoms with Gasteiger partial charge in [0.1, 0.15) is 0 Å². The van der Waals surface area contributed by atoms with Gasteiger partial charge in [-0.25, -0.2) is 0 Å². The molecule has 1 aliphatic heterocycles. The highest BCUT2D eigenvalue weighted by atomic mass is 32.1. The van der Waals surface area contributed by atoms with Crippen LogP contribution in [0.3, 0.4) is 0 Å². The SMILES string of the molecule is COCCCN1C(=S)NC(c2ccccn2)C1c1ccn(-c2ccccc2)c1. The Hall–Kier alpha value is -2.70. The zero-order valence-electron chi connectivity index (χ0n) is 15.9. The molecule has 0 aliphatic carbocycles. The molecule has 4 rings (SSSR count). The molecule has 0 bridgehead atoms. The number of para-hydroxylation sites is 1. The summed E-state index contributed by atoms with van der Waals surface area (Å²) >= 11 is 5.68. The van der Waals surface area contributed by atoms with E-state index >= 15 is 0 Å². The molecule has 1 fully saturated rings. The monoisotopic (exact) mass is 392 g/mol. The van der Waals surface area contributed by atoms with Crippen molar-refractivity contribution in [3.05, 3.63) is 84.4 Å². The van der Waals surface area contributed by atoms with Gasteiger partial charge in [-0.1, -0.05) is 24.3 Å². The third-order valence-electron chi connectivity index (χ3n) is 5.06. The van der Waals surface area contributed by atoms with Gasteiger partial charge in [0.25, 0.3) is 0 Å². The van der Waals surface area contributed by atoms with E-state index in [0.29, 0.717) is 6.61 Å². The summed E-state index contributed by atoms with van der Waals surface area (Å²) in [5, 5.41) is 4.26. The molecule has 0 amide bonds. The molecule has 5 nitrogen and oxygen atoms in total. The number of ether oxygens (including phenoxy) is 1. The maximum Gasteiger partial charge on any atom is 0.170 e. The average molecular weight is 393 g/mol. The Morgan fingerprint density at radius 3 is 2.68 bits per heavy atom. The first kappa shape index (κ1) is 18.7. The van der Waals surface area contributed by atoms with E-state index < -0.39 is 0 Å². The summed E-state index contributed by atoms with van der Waals surface area (Å²) in [7, 11) is 1.73. The summed E-state index contributed by atoms with van der Waals surface area (Å²) in [6.45, 7) is 1.55. The highest BCUT2D eigenvalue weighted by Gasteiger charge is 2.39. The van der Waals surface area contributed by atoms with E-state index in [2.05, 4.69) is 68.6 Å². The molecule has 28 heavy (non-hydrogen) atoms. The zero-order valence-corrected chi connectivity index (χ0v) is 16.7. The first-order valence-electron chi connectivity index (χ1n) is 9.48. The van der Waals surface area contributed by atoms with Crippen LogP contribution in [-0.4, -0.2) is 39.8 Å². The third kappa shape index (κ3) is 3.79. The third-order valence-corrected chi connectivity index (χ3v) is 5.41. The summed E-state index contributed by atoms with van der Waals surface area (Å²) in [6.07, 6.45) is 7.05. The van der Waals surface area contributed by atoms with Gasteiger partial charge in [-0.2, -0.15) is 0 Å². The second-order valence-corrected chi connectivity index (χ2v) is 7.24. The fourth-order valence-corrected chi connectivity index (χ4v) is 4.07. The predicted octanol–water partition coefficient (Wildman–Crippen LogP) is 3.88. The van der Waals surface area contributed by atoms with Crippen LogP contribution in [0.1, 0.15) is 29.8 Å². The zero-order chi connectivity index (χ0) is 19.3. The van der Waals surface area contributed by atoms with Crippen molar-refractivity contribution in [3.8, 4) is 5.69 Å². The number of aromatic nitrogens is 2. The lowest BCUT2D eigenvalue weighted by Gasteiger charge is -2.27. The van der Waals surface area contributed by atoms with E-state index in [0.717, 1.165) is 29.5 Å². The van der Waals surface area contributed by atoms with Crippen LogP contribution in [0.4, 0.5) is 0 Å². The molecule has 0 radical (unpaired) electrons. The highest BCUT2D eigenvalue weighted by molar-refractivity contribution is 7.80. The molecule has 0 saturated carbocycles. The normalized spacial score (nSPS) is 19.0. The predicted molar refractivity (Wildman–Crippen MR) is 114 cm³/mol. The Morgan fingerprint density at radius 2 is 1.93 bits per heavy atom. The molecule has 1 saturated heterocycles. The molecule has 144 valence electrons. The van der Waals surface area contributed by atoms with Crippen LogP contribution in [0.15, 0.2) is 73.2 Å². The Morgan fingerprint density at radius 1 is 1.11 bits per heavy atom. The fraction of sp³-hybridized carbons (Fsp3) is 0.273. The first-order valence-corrected chi connectivity index (χ1v) is 9.89. The van der Waals surface area contributed by atoms with Crippen LogP contribution in [0, 0.1) is 0 Å². The van der Waals surface area contributed by atoms with Crippen LogP contribution in [0.2, 0.25) is 0 Å². The Kier molecular flexibility index (Phi) is 5.69.